The molecular formula is C16H25NS. The average Bonchev–Trinajstić information content (AvgIpc) is 2.43. The number of aryl methyl sites for hydroxylation is 1. The van der Waals surface area contributed by atoms with E-state index in [0.717, 1.165) is 5.92 Å². The lowest BCUT2D eigenvalue weighted by atomic mass is 9.78. The number of thioether (sulfide) groups is 1. The maximum atomic E-state index is 3.54. The summed E-state index contributed by atoms with van der Waals surface area (Å²) in [6, 6.07) is 9.52. The van der Waals surface area contributed by atoms with E-state index in [0.29, 0.717) is 6.04 Å². The van der Waals surface area contributed by atoms with E-state index in [4.69, 9.17) is 0 Å². The van der Waals surface area contributed by atoms with Gasteiger partial charge in [-0.05, 0) is 61.3 Å². The van der Waals surface area contributed by atoms with Gasteiger partial charge in [0.25, 0.3) is 0 Å². The SMILES string of the molecule is CCSCCCC1CCc2ccccc2C1NC. The summed E-state index contributed by atoms with van der Waals surface area (Å²) in [5, 5.41) is 3.54. The third kappa shape index (κ3) is 3.30. The van der Waals surface area contributed by atoms with Crippen LogP contribution in [0.2, 0.25) is 0 Å². The van der Waals surface area contributed by atoms with Crippen molar-refractivity contribution < 1.29 is 0 Å². The van der Waals surface area contributed by atoms with Gasteiger partial charge in [-0.3, -0.25) is 0 Å². The van der Waals surface area contributed by atoms with Crippen LogP contribution in [0.15, 0.2) is 24.3 Å². The molecule has 1 nitrogen and oxygen atoms in total. The minimum Gasteiger partial charge on any atom is -0.313 e. The first kappa shape index (κ1) is 14.0. The Morgan fingerprint density at radius 1 is 1.33 bits per heavy atom. The Balaban J connectivity index is 1.97. The number of rotatable bonds is 6. The number of hydrogen-bond donors (Lipinski definition) is 1. The van der Waals surface area contributed by atoms with E-state index in [2.05, 4.69) is 55.3 Å². The van der Waals surface area contributed by atoms with Gasteiger partial charge in [-0.2, -0.15) is 11.8 Å². The quantitative estimate of drug-likeness (QED) is 0.777. The van der Waals surface area contributed by atoms with Gasteiger partial charge in [0.1, 0.15) is 0 Å². The van der Waals surface area contributed by atoms with Crippen molar-refractivity contribution >= 4 is 11.8 Å². The summed E-state index contributed by atoms with van der Waals surface area (Å²) in [5.74, 6) is 3.40. The molecule has 2 unspecified atom stereocenters. The summed E-state index contributed by atoms with van der Waals surface area (Å²) in [5.41, 5.74) is 3.09. The maximum absolute atomic E-state index is 3.54. The molecule has 0 bridgehead atoms. The van der Waals surface area contributed by atoms with Gasteiger partial charge in [0.2, 0.25) is 0 Å². The first-order chi connectivity index (χ1) is 8.86. The van der Waals surface area contributed by atoms with Crippen molar-refractivity contribution in [3.63, 3.8) is 0 Å². The Labute approximate surface area is 116 Å². The van der Waals surface area contributed by atoms with Crippen LogP contribution in [0.1, 0.15) is 43.4 Å². The van der Waals surface area contributed by atoms with Crippen LogP contribution in [0.4, 0.5) is 0 Å². The molecule has 2 heteroatoms. The highest BCUT2D eigenvalue weighted by Gasteiger charge is 2.27. The molecule has 2 rings (SSSR count). The molecule has 1 aliphatic carbocycles. The fraction of sp³-hybridized carbons (Fsp3) is 0.625. The Morgan fingerprint density at radius 3 is 2.94 bits per heavy atom. The lowest BCUT2D eigenvalue weighted by Crippen LogP contribution is -2.30. The van der Waals surface area contributed by atoms with Crippen molar-refractivity contribution in [2.45, 2.75) is 38.6 Å². The van der Waals surface area contributed by atoms with E-state index in [-0.39, 0.29) is 0 Å². The maximum Gasteiger partial charge on any atom is 0.0349 e. The standard InChI is InChI=1S/C16H25NS/c1-3-18-12-6-8-14-11-10-13-7-4-5-9-15(13)16(14)17-2/h4-5,7,9,14,16-17H,3,6,8,10-12H2,1-2H3. The van der Waals surface area contributed by atoms with Crippen LogP contribution in [0.25, 0.3) is 0 Å². The van der Waals surface area contributed by atoms with E-state index in [9.17, 15) is 0 Å². The summed E-state index contributed by atoms with van der Waals surface area (Å²) in [4.78, 5) is 0. The van der Waals surface area contributed by atoms with Crippen molar-refractivity contribution in [3.8, 4) is 0 Å². The van der Waals surface area contributed by atoms with E-state index >= 15 is 0 Å². The molecule has 1 N–H and O–H groups in total. The third-order valence-corrected chi connectivity index (χ3v) is 5.01. The lowest BCUT2D eigenvalue weighted by molar-refractivity contribution is 0.315. The number of fused-ring (bicyclic) bond motifs is 1. The first-order valence-corrected chi connectivity index (χ1v) is 8.35. The van der Waals surface area contributed by atoms with Gasteiger partial charge in [-0.25, -0.2) is 0 Å². The molecule has 1 aromatic carbocycles. The Kier molecular flexibility index (Phi) is 5.58. The van der Waals surface area contributed by atoms with E-state index < -0.39 is 0 Å². The second-order valence-electron chi connectivity index (χ2n) is 5.10. The van der Waals surface area contributed by atoms with Crippen molar-refractivity contribution in [2.75, 3.05) is 18.6 Å². The Hall–Kier alpha value is -0.470. The van der Waals surface area contributed by atoms with Gasteiger partial charge in [-0.15, -0.1) is 0 Å². The van der Waals surface area contributed by atoms with Crippen LogP contribution in [0.5, 0.6) is 0 Å². The largest absolute Gasteiger partial charge is 0.313 e. The van der Waals surface area contributed by atoms with E-state index in [1.807, 2.05) is 0 Å². The summed E-state index contributed by atoms with van der Waals surface area (Å²) in [6.07, 6.45) is 5.34. The molecule has 1 aliphatic rings. The smallest absolute Gasteiger partial charge is 0.0349 e. The molecule has 0 amide bonds. The zero-order valence-electron chi connectivity index (χ0n) is 11.6. The predicted octanol–water partition coefficient (Wildman–Crippen LogP) is 4.04. The molecule has 0 spiro atoms. The molecule has 2 atom stereocenters. The van der Waals surface area contributed by atoms with Crippen molar-refractivity contribution in [2.24, 2.45) is 5.92 Å². The van der Waals surface area contributed by atoms with Gasteiger partial charge in [-0.1, -0.05) is 31.2 Å². The first-order valence-electron chi connectivity index (χ1n) is 7.19. The van der Waals surface area contributed by atoms with Gasteiger partial charge < -0.3 is 5.32 Å². The van der Waals surface area contributed by atoms with Crippen LogP contribution in [0, 0.1) is 5.92 Å². The van der Waals surface area contributed by atoms with Crippen LogP contribution >= 0.6 is 11.8 Å². The zero-order valence-corrected chi connectivity index (χ0v) is 12.4. The fourth-order valence-electron chi connectivity index (χ4n) is 3.12. The summed E-state index contributed by atoms with van der Waals surface area (Å²) in [7, 11) is 2.11. The molecule has 0 radical (unpaired) electrons. The summed E-state index contributed by atoms with van der Waals surface area (Å²) >= 11 is 2.07. The Bertz CT molecular complexity index is 364. The van der Waals surface area contributed by atoms with Gasteiger partial charge in [0.05, 0.1) is 0 Å². The van der Waals surface area contributed by atoms with Crippen LogP contribution in [0.3, 0.4) is 0 Å². The zero-order chi connectivity index (χ0) is 12.8. The summed E-state index contributed by atoms with van der Waals surface area (Å²) < 4.78 is 0. The van der Waals surface area contributed by atoms with E-state index in [1.54, 1.807) is 11.1 Å². The molecule has 0 aromatic heterocycles. The molecule has 18 heavy (non-hydrogen) atoms. The third-order valence-electron chi connectivity index (χ3n) is 4.02. The average molecular weight is 263 g/mol. The van der Waals surface area contributed by atoms with Crippen molar-refractivity contribution in [1.29, 1.82) is 0 Å². The summed E-state index contributed by atoms with van der Waals surface area (Å²) in [6.45, 7) is 2.25. The van der Waals surface area contributed by atoms with Crippen molar-refractivity contribution in [1.82, 2.24) is 5.32 Å². The molecular weight excluding hydrogens is 238 g/mol. The monoisotopic (exact) mass is 263 g/mol. The van der Waals surface area contributed by atoms with Crippen LogP contribution in [-0.2, 0) is 6.42 Å². The molecule has 0 saturated heterocycles. The van der Waals surface area contributed by atoms with Gasteiger partial charge in [0, 0.05) is 6.04 Å². The molecule has 0 saturated carbocycles. The molecule has 0 fully saturated rings. The second kappa shape index (κ2) is 7.20. The topological polar surface area (TPSA) is 12.0 Å². The minimum atomic E-state index is 0.571. The highest BCUT2D eigenvalue weighted by atomic mass is 32.2. The number of benzene rings is 1. The number of nitrogens with one attached hydrogen (secondary N) is 1. The van der Waals surface area contributed by atoms with Gasteiger partial charge in [0.15, 0.2) is 0 Å². The molecule has 0 heterocycles. The fourth-order valence-corrected chi connectivity index (χ4v) is 3.78. The lowest BCUT2D eigenvalue weighted by Gasteiger charge is -2.33. The van der Waals surface area contributed by atoms with Crippen LogP contribution < -0.4 is 5.32 Å². The molecule has 1 aromatic rings. The highest BCUT2D eigenvalue weighted by molar-refractivity contribution is 7.99. The minimum absolute atomic E-state index is 0.571. The van der Waals surface area contributed by atoms with E-state index in [1.165, 1.54) is 37.2 Å². The molecule has 0 aliphatic heterocycles. The normalized spacial score (nSPS) is 22.8. The predicted molar refractivity (Wildman–Crippen MR) is 82.3 cm³/mol. The van der Waals surface area contributed by atoms with Gasteiger partial charge >= 0.3 is 0 Å². The highest BCUT2D eigenvalue weighted by Crippen LogP contribution is 2.36. The molecule has 100 valence electrons. The van der Waals surface area contributed by atoms with Crippen LogP contribution in [-0.4, -0.2) is 18.6 Å². The van der Waals surface area contributed by atoms with Crippen molar-refractivity contribution in [3.05, 3.63) is 35.4 Å². The second-order valence-corrected chi connectivity index (χ2v) is 6.50. The number of hydrogen-bond acceptors (Lipinski definition) is 2. The Morgan fingerprint density at radius 2 is 2.17 bits per heavy atom.